The Kier molecular flexibility index (Phi) is 8.53. The topological polar surface area (TPSA) is 98.2 Å². The van der Waals surface area contributed by atoms with Crippen LogP contribution >= 0.6 is 15.9 Å². The molecule has 1 aliphatic heterocycles. The van der Waals surface area contributed by atoms with Crippen LogP contribution in [0.1, 0.15) is 27.0 Å². The van der Waals surface area contributed by atoms with Crippen LogP contribution in [0, 0.1) is 0 Å². The van der Waals surface area contributed by atoms with Gasteiger partial charge in [0.25, 0.3) is 11.8 Å². The van der Waals surface area contributed by atoms with Crippen molar-refractivity contribution in [2.45, 2.75) is 6.61 Å². The first kappa shape index (κ1) is 26.7. The molecule has 2 amide bonds. The average molecular weight is 598 g/mol. The number of hydrogen-bond acceptors (Lipinski definition) is 6. The van der Waals surface area contributed by atoms with Gasteiger partial charge in [-0.3, -0.25) is 9.59 Å². The van der Waals surface area contributed by atoms with Crippen LogP contribution in [-0.2, 0) is 11.4 Å². The lowest BCUT2D eigenvalue weighted by molar-refractivity contribution is -0.117. The number of carbonyl (C=O) groups excluding carboxylic acids is 2. The summed E-state index contributed by atoms with van der Waals surface area (Å²) >= 11 is 3.46. The third-order valence-corrected chi connectivity index (χ3v) is 6.31. The van der Waals surface area contributed by atoms with Gasteiger partial charge >= 0.3 is 0 Å². The molecule has 5 rings (SSSR count). The quantitative estimate of drug-likeness (QED) is 0.147. The second-order valence-corrected chi connectivity index (χ2v) is 9.56. The number of rotatable bonds is 9. The Hall–Kier alpha value is -4.89. The summed E-state index contributed by atoms with van der Waals surface area (Å²) in [4.78, 5) is 26.1. The Labute approximate surface area is 239 Å². The fraction of sp³-hybridized carbons (Fsp3) is 0.0645. The first-order valence-electron chi connectivity index (χ1n) is 12.3. The molecule has 0 atom stereocenters. The molecule has 200 valence electrons. The summed E-state index contributed by atoms with van der Waals surface area (Å²) < 4.78 is 17.6. The first-order valence-corrected chi connectivity index (χ1v) is 13.1. The van der Waals surface area contributed by atoms with Crippen molar-refractivity contribution in [2.75, 3.05) is 6.79 Å². The van der Waals surface area contributed by atoms with E-state index >= 15 is 0 Å². The molecule has 1 heterocycles. The summed E-state index contributed by atoms with van der Waals surface area (Å²) in [6.07, 6.45) is 3.03. The molecule has 0 radical (unpaired) electrons. The second kappa shape index (κ2) is 12.8. The van der Waals surface area contributed by atoms with E-state index in [1.807, 2.05) is 48.5 Å². The Morgan fingerprint density at radius 3 is 2.45 bits per heavy atom. The molecule has 0 unspecified atom stereocenters. The summed E-state index contributed by atoms with van der Waals surface area (Å²) in [7, 11) is 0. The van der Waals surface area contributed by atoms with E-state index in [0.717, 1.165) is 10.0 Å². The van der Waals surface area contributed by atoms with Crippen molar-refractivity contribution in [1.29, 1.82) is 0 Å². The fourth-order valence-electron chi connectivity index (χ4n) is 3.82. The maximum Gasteiger partial charge on any atom is 0.287 e. The van der Waals surface area contributed by atoms with Crippen molar-refractivity contribution < 1.29 is 23.8 Å². The SMILES string of the molecule is O=C(N/N=C/c1cc(Br)ccc1OCc1ccccc1)/C(=C\c1ccc2c(c1)OCO2)NC(=O)c1ccccc1. The third-order valence-electron chi connectivity index (χ3n) is 5.82. The lowest BCUT2D eigenvalue weighted by Gasteiger charge is -2.11. The van der Waals surface area contributed by atoms with Crippen molar-refractivity contribution in [1.82, 2.24) is 10.7 Å². The molecule has 4 aromatic carbocycles. The highest BCUT2D eigenvalue weighted by atomic mass is 79.9. The summed E-state index contributed by atoms with van der Waals surface area (Å²) in [5, 5.41) is 6.83. The van der Waals surface area contributed by atoms with E-state index in [0.29, 0.717) is 40.5 Å². The van der Waals surface area contributed by atoms with Crippen LogP contribution in [-0.4, -0.2) is 24.8 Å². The smallest absolute Gasteiger partial charge is 0.287 e. The van der Waals surface area contributed by atoms with E-state index in [1.165, 1.54) is 6.21 Å². The molecule has 8 nitrogen and oxygen atoms in total. The minimum Gasteiger partial charge on any atom is -0.488 e. The number of carbonyl (C=O) groups is 2. The van der Waals surface area contributed by atoms with Crippen LogP contribution in [0.5, 0.6) is 17.2 Å². The molecule has 0 fully saturated rings. The van der Waals surface area contributed by atoms with Crippen LogP contribution in [0.15, 0.2) is 112 Å². The van der Waals surface area contributed by atoms with Crippen LogP contribution in [0.4, 0.5) is 0 Å². The van der Waals surface area contributed by atoms with Crippen molar-refractivity contribution in [2.24, 2.45) is 5.10 Å². The third kappa shape index (κ3) is 6.95. The number of ether oxygens (including phenoxy) is 3. The Balaban J connectivity index is 1.34. The summed E-state index contributed by atoms with van der Waals surface area (Å²) in [5.74, 6) is 0.716. The normalized spacial score (nSPS) is 12.3. The van der Waals surface area contributed by atoms with Crippen molar-refractivity contribution in [3.8, 4) is 17.2 Å². The summed E-state index contributed by atoms with van der Waals surface area (Å²) in [6.45, 7) is 0.506. The molecular formula is C31H24BrN3O5. The average Bonchev–Trinajstić information content (AvgIpc) is 3.45. The van der Waals surface area contributed by atoms with Crippen molar-refractivity contribution in [3.05, 3.63) is 129 Å². The van der Waals surface area contributed by atoms with Crippen molar-refractivity contribution in [3.63, 3.8) is 0 Å². The maximum atomic E-state index is 13.2. The highest BCUT2D eigenvalue weighted by Crippen LogP contribution is 2.33. The van der Waals surface area contributed by atoms with E-state index in [1.54, 1.807) is 54.6 Å². The predicted octanol–water partition coefficient (Wildman–Crippen LogP) is 5.68. The number of nitrogens with zero attached hydrogens (tertiary/aromatic N) is 1. The molecule has 2 N–H and O–H groups in total. The van der Waals surface area contributed by atoms with Crippen LogP contribution < -0.4 is 25.0 Å². The van der Waals surface area contributed by atoms with Gasteiger partial charge in [0.15, 0.2) is 11.5 Å². The van der Waals surface area contributed by atoms with Crippen LogP contribution in [0.2, 0.25) is 0 Å². The Bertz CT molecular complexity index is 1570. The van der Waals surface area contributed by atoms with Gasteiger partial charge in [-0.2, -0.15) is 5.10 Å². The highest BCUT2D eigenvalue weighted by Gasteiger charge is 2.17. The molecule has 0 spiro atoms. The number of halogens is 1. The zero-order valence-corrected chi connectivity index (χ0v) is 22.8. The van der Waals surface area contributed by atoms with Gasteiger partial charge in [-0.25, -0.2) is 5.43 Å². The Morgan fingerprint density at radius 1 is 0.900 bits per heavy atom. The predicted molar refractivity (Wildman–Crippen MR) is 155 cm³/mol. The first-order chi connectivity index (χ1) is 19.5. The van der Waals surface area contributed by atoms with Gasteiger partial charge in [-0.05, 0) is 59.7 Å². The molecule has 9 heteroatoms. The van der Waals surface area contributed by atoms with Gasteiger partial charge in [0.05, 0.1) is 6.21 Å². The van der Waals surface area contributed by atoms with Crippen molar-refractivity contribution >= 4 is 40.0 Å². The molecule has 40 heavy (non-hydrogen) atoms. The van der Waals surface area contributed by atoms with E-state index in [4.69, 9.17) is 14.2 Å². The lowest BCUT2D eigenvalue weighted by Crippen LogP contribution is -2.32. The lowest BCUT2D eigenvalue weighted by atomic mass is 10.1. The zero-order valence-electron chi connectivity index (χ0n) is 21.2. The number of fused-ring (bicyclic) bond motifs is 1. The van der Waals surface area contributed by atoms with Gasteiger partial charge < -0.3 is 19.5 Å². The van der Waals surface area contributed by atoms with Gasteiger partial charge in [-0.15, -0.1) is 0 Å². The molecule has 1 aliphatic rings. The van der Waals surface area contributed by atoms with E-state index < -0.39 is 11.8 Å². The molecule has 0 aliphatic carbocycles. The summed E-state index contributed by atoms with van der Waals surface area (Å²) in [5.41, 5.74) is 5.22. The van der Waals surface area contributed by atoms with Gasteiger partial charge in [0, 0.05) is 15.6 Å². The number of hydrogen-bond donors (Lipinski definition) is 2. The molecule has 0 saturated carbocycles. The number of nitrogens with one attached hydrogen (secondary N) is 2. The van der Waals surface area contributed by atoms with Gasteiger partial charge in [0.1, 0.15) is 18.1 Å². The largest absolute Gasteiger partial charge is 0.488 e. The van der Waals surface area contributed by atoms with E-state index in [-0.39, 0.29) is 12.5 Å². The monoisotopic (exact) mass is 597 g/mol. The number of hydrazone groups is 1. The molecule has 0 saturated heterocycles. The number of benzene rings is 4. The standard InChI is InChI=1S/C31H24BrN3O5/c32-25-12-14-27(38-19-21-7-3-1-4-8-21)24(17-25)18-33-35-31(37)26(34-30(36)23-9-5-2-6-10-23)15-22-11-13-28-29(16-22)40-20-39-28/h1-18H,19-20H2,(H,34,36)(H,35,37)/b26-15+,33-18+. The van der Waals surface area contributed by atoms with Gasteiger partial charge in [0.2, 0.25) is 6.79 Å². The van der Waals surface area contributed by atoms with Crippen LogP contribution in [0.25, 0.3) is 6.08 Å². The zero-order chi connectivity index (χ0) is 27.7. The van der Waals surface area contributed by atoms with E-state index in [9.17, 15) is 9.59 Å². The highest BCUT2D eigenvalue weighted by molar-refractivity contribution is 9.10. The van der Waals surface area contributed by atoms with E-state index in [2.05, 4.69) is 31.8 Å². The second-order valence-electron chi connectivity index (χ2n) is 8.65. The molecule has 0 bridgehead atoms. The molecule has 0 aromatic heterocycles. The number of amides is 2. The maximum absolute atomic E-state index is 13.2. The van der Waals surface area contributed by atoms with Crippen LogP contribution in [0.3, 0.4) is 0 Å². The minimum atomic E-state index is -0.611. The minimum absolute atomic E-state index is 0.000313. The van der Waals surface area contributed by atoms with Gasteiger partial charge in [-0.1, -0.05) is 70.5 Å². The molecular weight excluding hydrogens is 574 g/mol. The molecule has 4 aromatic rings. The Morgan fingerprint density at radius 2 is 1.65 bits per heavy atom. The summed E-state index contributed by atoms with van der Waals surface area (Å²) in [6, 6.07) is 29.2. The fourth-order valence-corrected chi connectivity index (χ4v) is 4.20.